The molecule has 0 radical (unpaired) electrons. The van der Waals surface area contributed by atoms with Gasteiger partial charge >= 0.3 is 0 Å². The Hall–Kier alpha value is -1.18. The molecule has 0 fully saturated rings. The summed E-state index contributed by atoms with van der Waals surface area (Å²) in [5.41, 5.74) is 1.92. The van der Waals surface area contributed by atoms with Crippen LogP contribution in [0.3, 0.4) is 0 Å². The van der Waals surface area contributed by atoms with Gasteiger partial charge < -0.3 is 3.53 Å². The molecule has 0 atom stereocenters. The highest BCUT2D eigenvalue weighted by Crippen LogP contribution is 2.19. The van der Waals surface area contributed by atoms with Crippen LogP contribution in [0.1, 0.15) is 5.69 Å². The van der Waals surface area contributed by atoms with Gasteiger partial charge in [-0.15, -0.1) is 0 Å². The molecule has 0 saturated heterocycles. The van der Waals surface area contributed by atoms with Crippen LogP contribution >= 0.6 is 22.9 Å². The first-order valence-corrected chi connectivity index (χ1v) is 5.08. The van der Waals surface area contributed by atoms with Crippen molar-refractivity contribution >= 4 is 28.7 Å². The van der Waals surface area contributed by atoms with Gasteiger partial charge in [-0.3, -0.25) is 5.10 Å². The molecule has 72 valence electrons. The molecule has 2 N–H and O–H groups in total. The van der Waals surface area contributed by atoms with Crippen molar-refractivity contribution in [2.75, 3.05) is 3.53 Å². The van der Waals surface area contributed by atoms with Crippen LogP contribution in [0.15, 0.2) is 18.5 Å². The fraction of sp³-hybridized carbons (Fsp3) is 0.125. The van der Waals surface area contributed by atoms with E-state index in [4.69, 9.17) is 0 Å². The summed E-state index contributed by atoms with van der Waals surface area (Å²) in [6.07, 6.45) is 1.49. The van der Waals surface area contributed by atoms with E-state index in [1.165, 1.54) is 6.33 Å². The molecule has 0 saturated carbocycles. The van der Waals surface area contributed by atoms with Crippen LogP contribution in [0.25, 0.3) is 11.4 Å². The van der Waals surface area contributed by atoms with Gasteiger partial charge in [0.05, 0.1) is 22.9 Å². The molecule has 0 aliphatic carbocycles. The third kappa shape index (κ3) is 1.84. The fourth-order valence-corrected chi connectivity index (χ4v) is 1.47. The third-order valence-corrected chi connectivity index (χ3v) is 2.29. The summed E-state index contributed by atoms with van der Waals surface area (Å²) < 4.78 is 2.97. The number of aromatic nitrogens is 4. The number of aryl methyl sites for hydroxylation is 1. The maximum atomic E-state index is 4.28. The van der Waals surface area contributed by atoms with Gasteiger partial charge in [-0.05, 0) is 19.1 Å². The largest absolute Gasteiger partial charge is 0.313 e. The standard InChI is InChI=1S/C8H8IN5/c1-5-2-6(3-7(12-5)13-9)8-10-4-11-14-8/h2-4H,1H3,(H,12,13)(H,10,11,14). The van der Waals surface area contributed by atoms with E-state index in [-0.39, 0.29) is 0 Å². The van der Waals surface area contributed by atoms with Gasteiger partial charge in [-0.2, -0.15) is 5.10 Å². The van der Waals surface area contributed by atoms with Crippen LogP contribution in [-0.2, 0) is 0 Å². The van der Waals surface area contributed by atoms with Gasteiger partial charge in [0, 0.05) is 11.3 Å². The van der Waals surface area contributed by atoms with Gasteiger partial charge in [0.25, 0.3) is 0 Å². The second-order valence-electron chi connectivity index (χ2n) is 2.81. The summed E-state index contributed by atoms with van der Waals surface area (Å²) in [4.78, 5) is 8.36. The summed E-state index contributed by atoms with van der Waals surface area (Å²) in [5.74, 6) is 1.57. The van der Waals surface area contributed by atoms with E-state index in [2.05, 4.69) is 23.7 Å². The SMILES string of the molecule is Cc1cc(-c2ncn[nH]2)cc(NI)n1. The van der Waals surface area contributed by atoms with Crippen molar-refractivity contribution in [3.05, 3.63) is 24.2 Å². The maximum Gasteiger partial charge on any atom is 0.155 e. The van der Waals surface area contributed by atoms with Gasteiger partial charge in [0.15, 0.2) is 5.82 Å². The number of pyridine rings is 1. The molecule has 0 aliphatic heterocycles. The number of anilines is 1. The minimum atomic E-state index is 0.753. The van der Waals surface area contributed by atoms with Crippen LogP contribution < -0.4 is 3.53 Å². The number of hydrogen-bond donors (Lipinski definition) is 2. The highest BCUT2D eigenvalue weighted by molar-refractivity contribution is 14.1. The molecule has 0 unspecified atom stereocenters. The average Bonchev–Trinajstić information content (AvgIpc) is 2.69. The molecule has 2 rings (SSSR count). The van der Waals surface area contributed by atoms with E-state index in [0.717, 1.165) is 22.9 Å². The van der Waals surface area contributed by atoms with Gasteiger partial charge in [0.1, 0.15) is 12.1 Å². The Morgan fingerprint density at radius 2 is 2.29 bits per heavy atom. The van der Waals surface area contributed by atoms with Crippen LogP contribution in [-0.4, -0.2) is 20.2 Å². The lowest BCUT2D eigenvalue weighted by Gasteiger charge is -2.02. The van der Waals surface area contributed by atoms with Crippen molar-refractivity contribution < 1.29 is 0 Å². The first-order valence-electron chi connectivity index (χ1n) is 4.00. The molecule has 2 heterocycles. The predicted octanol–water partition coefficient (Wildman–Crippen LogP) is 1.94. The van der Waals surface area contributed by atoms with E-state index in [0.29, 0.717) is 0 Å². The first kappa shape index (κ1) is 9.38. The zero-order valence-electron chi connectivity index (χ0n) is 7.45. The Morgan fingerprint density at radius 1 is 1.43 bits per heavy atom. The Bertz CT molecular complexity index is 425. The summed E-state index contributed by atoms with van der Waals surface area (Å²) >= 11 is 2.05. The Kier molecular flexibility index (Phi) is 2.62. The minimum Gasteiger partial charge on any atom is -0.313 e. The summed E-state index contributed by atoms with van der Waals surface area (Å²) in [5, 5.41) is 6.62. The zero-order chi connectivity index (χ0) is 9.97. The number of nitrogens with one attached hydrogen (secondary N) is 2. The van der Waals surface area contributed by atoms with E-state index in [9.17, 15) is 0 Å². The number of hydrogen-bond acceptors (Lipinski definition) is 4. The van der Waals surface area contributed by atoms with Crippen molar-refractivity contribution in [3.63, 3.8) is 0 Å². The van der Waals surface area contributed by atoms with Crippen LogP contribution in [0.5, 0.6) is 0 Å². The lowest BCUT2D eigenvalue weighted by molar-refractivity contribution is 1.09. The normalized spacial score (nSPS) is 10.1. The van der Waals surface area contributed by atoms with Gasteiger partial charge in [-0.1, -0.05) is 0 Å². The summed E-state index contributed by atoms with van der Waals surface area (Å²) in [7, 11) is 0. The monoisotopic (exact) mass is 301 g/mol. The van der Waals surface area contributed by atoms with Crippen LogP contribution in [0.4, 0.5) is 5.82 Å². The van der Waals surface area contributed by atoms with E-state index in [1.54, 1.807) is 0 Å². The summed E-state index contributed by atoms with van der Waals surface area (Å²) in [6.45, 7) is 1.94. The van der Waals surface area contributed by atoms with E-state index >= 15 is 0 Å². The molecule has 0 aromatic carbocycles. The molecule has 0 aliphatic rings. The second kappa shape index (κ2) is 3.91. The van der Waals surface area contributed by atoms with Crippen molar-refractivity contribution in [1.82, 2.24) is 20.2 Å². The van der Waals surface area contributed by atoms with Crippen molar-refractivity contribution in [1.29, 1.82) is 0 Å². The van der Waals surface area contributed by atoms with Crippen LogP contribution in [0.2, 0.25) is 0 Å². The zero-order valence-corrected chi connectivity index (χ0v) is 9.61. The number of rotatable bonds is 2. The highest BCUT2D eigenvalue weighted by atomic mass is 127. The van der Waals surface area contributed by atoms with E-state index < -0.39 is 0 Å². The summed E-state index contributed by atoms with van der Waals surface area (Å²) in [6, 6.07) is 3.87. The first-order chi connectivity index (χ1) is 6.79. The van der Waals surface area contributed by atoms with Crippen molar-refractivity contribution in [2.45, 2.75) is 6.92 Å². The second-order valence-corrected chi connectivity index (χ2v) is 3.35. The average molecular weight is 301 g/mol. The topological polar surface area (TPSA) is 66.5 Å². The molecule has 0 bridgehead atoms. The molecule has 14 heavy (non-hydrogen) atoms. The van der Waals surface area contributed by atoms with Gasteiger partial charge in [-0.25, -0.2) is 9.97 Å². The van der Waals surface area contributed by atoms with Crippen LogP contribution in [0, 0.1) is 6.92 Å². The minimum absolute atomic E-state index is 0.753. The lowest BCUT2D eigenvalue weighted by Crippen LogP contribution is -1.91. The number of H-pyrrole nitrogens is 1. The third-order valence-electron chi connectivity index (χ3n) is 1.74. The molecule has 2 aromatic heterocycles. The molecular formula is C8H8IN5. The predicted molar refractivity (Wildman–Crippen MR) is 62.0 cm³/mol. The Morgan fingerprint density at radius 3 is 2.93 bits per heavy atom. The molecule has 0 spiro atoms. The van der Waals surface area contributed by atoms with E-state index in [1.807, 2.05) is 41.9 Å². The van der Waals surface area contributed by atoms with Crippen molar-refractivity contribution in [2.24, 2.45) is 0 Å². The molecule has 6 heteroatoms. The maximum absolute atomic E-state index is 4.28. The number of halogens is 1. The molecular weight excluding hydrogens is 293 g/mol. The Balaban J connectivity index is 2.48. The number of nitrogens with zero attached hydrogens (tertiary/aromatic N) is 3. The molecule has 2 aromatic rings. The Labute approximate surface area is 94.9 Å². The number of aromatic amines is 1. The smallest absolute Gasteiger partial charge is 0.155 e. The van der Waals surface area contributed by atoms with Crippen molar-refractivity contribution in [3.8, 4) is 11.4 Å². The quantitative estimate of drug-likeness (QED) is 0.657. The highest BCUT2D eigenvalue weighted by Gasteiger charge is 2.03. The fourth-order valence-electron chi connectivity index (χ4n) is 1.20. The lowest BCUT2D eigenvalue weighted by atomic mass is 10.2. The molecule has 0 amide bonds. The van der Waals surface area contributed by atoms with Gasteiger partial charge in [0.2, 0.25) is 0 Å². The molecule has 5 nitrogen and oxygen atoms in total.